The van der Waals surface area contributed by atoms with E-state index in [4.69, 9.17) is 22.1 Å². The standard InChI is InChI=1S/C12H11ClN4O2S/c1-8-11(4-9(5-14)6-15)12(13)17(16-8)10-2-3-20(18,19)7-10/h4,10H,2-3,7H2,1H3/t10-/m1/s1. The fraction of sp³-hybridized carbons (Fsp3) is 0.417. The maximum atomic E-state index is 11.5. The number of rotatable bonds is 2. The second-order valence-electron chi connectivity index (χ2n) is 4.57. The van der Waals surface area contributed by atoms with Gasteiger partial charge in [0, 0.05) is 5.56 Å². The highest BCUT2D eigenvalue weighted by Crippen LogP contribution is 2.30. The third-order valence-corrected chi connectivity index (χ3v) is 5.28. The van der Waals surface area contributed by atoms with Gasteiger partial charge < -0.3 is 0 Å². The number of hydrogen-bond acceptors (Lipinski definition) is 5. The summed E-state index contributed by atoms with van der Waals surface area (Å²) in [6.07, 6.45) is 1.83. The molecule has 1 aliphatic rings. The molecule has 6 nitrogen and oxygen atoms in total. The van der Waals surface area contributed by atoms with Gasteiger partial charge in [-0.1, -0.05) is 11.6 Å². The summed E-state index contributed by atoms with van der Waals surface area (Å²) >= 11 is 6.20. The van der Waals surface area contributed by atoms with Gasteiger partial charge in [0.2, 0.25) is 0 Å². The molecule has 1 aromatic heterocycles. The zero-order valence-corrected chi connectivity index (χ0v) is 12.2. The number of hydrogen-bond donors (Lipinski definition) is 0. The van der Waals surface area contributed by atoms with Gasteiger partial charge in [-0.05, 0) is 19.4 Å². The molecule has 1 aliphatic heterocycles. The first-order chi connectivity index (χ1) is 9.38. The highest BCUT2D eigenvalue weighted by Gasteiger charge is 2.31. The highest BCUT2D eigenvalue weighted by molar-refractivity contribution is 7.91. The van der Waals surface area contributed by atoms with Gasteiger partial charge in [-0.15, -0.1) is 0 Å². The van der Waals surface area contributed by atoms with Crippen LogP contribution in [0.5, 0.6) is 0 Å². The SMILES string of the molecule is Cc1nn([C@@H]2CCS(=O)(=O)C2)c(Cl)c1C=C(C#N)C#N. The molecule has 0 saturated carbocycles. The molecule has 1 saturated heterocycles. The van der Waals surface area contributed by atoms with E-state index in [0.717, 1.165) is 0 Å². The Balaban J connectivity index is 2.44. The molecule has 20 heavy (non-hydrogen) atoms. The first kappa shape index (κ1) is 14.6. The van der Waals surface area contributed by atoms with Gasteiger partial charge in [0.25, 0.3) is 0 Å². The third-order valence-electron chi connectivity index (χ3n) is 3.15. The minimum Gasteiger partial charge on any atom is -0.249 e. The van der Waals surface area contributed by atoms with Crippen LogP contribution in [0.15, 0.2) is 5.57 Å². The van der Waals surface area contributed by atoms with Crippen LogP contribution < -0.4 is 0 Å². The summed E-state index contributed by atoms with van der Waals surface area (Å²) in [4.78, 5) is 0. The van der Waals surface area contributed by atoms with Gasteiger partial charge in [0.15, 0.2) is 9.84 Å². The minimum absolute atomic E-state index is 0.0142. The smallest absolute Gasteiger partial charge is 0.152 e. The van der Waals surface area contributed by atoms with Crippen LogP contribution in [0.3, 0.4) is 0 Å². The van der Waals surface area contributed by atoms with Gasteiger partial charge in [-0.25, -0.2) is 13.1 Å². The second kappa shape index (κ2) is 5.28. The lowest BCUT2D eigenvalue weighted by Gasteiger charge is -2.09. The van der Waals surface area contributed by atoms with E-state index in [2.05, 4.69) is 5.10 Å². The Morgan fingerprint density at radius 3 is 2.65 bits per heavy atom. The first-order valence-electron chi connectivity index (χ1n) is 5.85. The summed E-state index contributed by atoms with van der Waals surface area (Å²) in [5.74, 6) is 0.139. The predicted molar refractivity (Wildman–Crippen MR) is 73.5 cm³/mol. The summed E-state index contributed by atoms with van der Waals surface area (Å²) in [7, 11) is -3.04. The Morgan fingerprint density at radius 1 is 1.50 bits per heavy atom. The van der Waals surface area contributed by atoms with E-state index < -0.39 is 9.84 Å². The Kier molecular flexibility index (Phi) is 3.85. The lowest BCUT2D eigenvalue weighted by atomic mass is 10.2. The van der Waals surface area contributed by atoms with Crippen LogP contribution >= 0.6 is 11.6 Å². The molecule has 0 aromatic carbocycles. The number of sulfone groups is 1. The van der Waals surface area contributed by atoms with Crippen LogP contribution in [0, 0.1) is 29.6 Å². The van der Waals surface area contributed by atoms with Crippen LogP contribution in [-0.2, 0) is 9.84 Å². The Labute approximate surface area is 121 Å². The molecule has 0 bridgehead atoms. The number of aromatic nitrogens is 2. The number of allylic oxidation sites excluding steroid dienone is 1. The average molecular weight is 311 g/mol. The van der Waals surface area contributed by atoms with Gasteiger partial charge in [0.05, 0.1) is 23.2 Å². The van der Waals surface area contributed by atoms with E-state index in [9.17, 15) is 8.42 Å². The number of aryl methyl sites for hydroxylation is 1. The quantitative estimate of drug-likeness (QED) is 0.773. The molecule has 2 rings (SSSR count). The van der Waals surface area contributed by atoms with Gasteiger partial charge >= 0.3 is 0 Å². The Hall–Kier alpha value is -1.83. The topological polar surface area (TPSA) is 99.5 Å². The monoisotopic (exact) mass is 310 g/mol. The Morgan fingerprint density at radius 2 is 2.15 bits per heavy atom. The largest absolute Gasteiger partial charge is 0.249 e. The fourth-order valence-corrected chi connectivity index (χ4v) is 4.20. The zero-order chi connectivity index (χ0) is 14.9. The van der Waals surface area contributed by atoms with E-state index in [1.54, 1.807) is 19.1 Å². The first-order valence-corrected chi connectivity index (χ1v) is 8.05. The van der Waals surface area contributed by atoms with Gasteiger partial charge in [-0.3, -0.25) is 0 Å². The van der Waals surface area contributed by atoms with Crippen molar-refractivity contribution >= 4 is 27.5 Å². The fourth-order valence-electron chi connectivity index (χ4n) is 2.14. The van der Waals surface area contributed by atoms with Crippen molar-refractivity contribution in [3.8, 4) is 12.1 Å². The molecule has 0 unspecified atom stereocenters. The maximum Gasteiger partial charge on any atom is 0.152 e. The molecule has 8 heteroatoms. The van der Waals surface area contributed by atoms with E-state index in [1.807, 2.05) is 0 Å². The number of halogens is 1. The van der Waals surface area contributed by atoms with Crippen molar-refractivity contribution in [1.82, 2.24) is 9.78 Å². The van der Waals surface area contributed by atoms with Crippen molar-refractivity contribution in [3.05, 3.63) is 22.0 Å². The zero-order valence-electron chi connectivity index (χ0n) is 10.7. The van der Waals surface area contributed by atoms with E-state index in [1.165, 1.54) is 10.8 Å². The van der Waals surface area contributed by atoms with Crippen molar-refractivity contribution in [2.24, 2.45) is 0 Å². The molecule has 1 fully saturated rings. The molecule has 0 N–H and O–H groups in total. The molecular weight excluding hydrogens is 300 g/mol. The summed E-state index contributed by atoms with van der Waals surface area (Å²) in [5.41, 5.74) is 0.963. The van der Waals surface area contributed by atoms with Crippen LogP contribution in [0.1, 0.15) is 23.7 Å². The normalized spacial score (nSPS) is 20.1. The van der Waals surface area contributed by atoms with Gasteiger partial charge in [-0.2, -0.15) is 15.6 Å². The molecule has 0 radical (unpaired) electrons. The molecule has 1 aromatic rings. The lowest BCUT2D eigenvalue weighted by Crippen LogP contribution is -2.12. The van der Waals surface area contributed by atoms with Crippen LogP contribution in [0.25, 0.3) is 6.08 Å². The Bertz CT molecular complexity index is 749. The molecule has 2 heterocycles. The highest BCUT2D eigenvalue weighted by atomic mass is 35.5. The molecule has 104 valence electrons. The average Bonchev–Trinajstić information content (AvgIpc) is 2.88. The van der Waals surface area contributed by atoms with E-state index in [-0.39, 0.29) is 28.3 Å². The van der Waals surface area contributed by atoms with Gasteiger partial charge in [0.1, 0.15) is 22.9 Å². The minimum atomic E-state index is -3.04. The third kappa shape index (κ3) is 2.69. The molecular formula is C12H11ClN4O2S. The van der Waals surface area contributed by atoms with Crippen molar-refractivity contribution in [2.75, 3.05) is 11.5 Å². The molecule has 0 spiro atoms. The summed E-state index contributed by atoms with van der Waals surface area (Å²) in [5, 5.41) is 22.0. The maximum absolute atomic E-state index is 11.5. The van der Waals surface area contributed by atoms with Crippen molar-refractivity contribution in [1.29, 1.82) is 10.5 Å². The van der Waals surface area contributed by atoms with Crippen LogP contribution in [-0.4, -0.2) is 29.7 Å². The summed E-state index contributed by atoms with van der Waals surface area (Å²) in [6, 6.07) is 3.22. The van der Waals surface area contributed by atoms with E-state index in [0.29, 0.717) is 17.7 Å². The predicted octanol–water partition coefficient (Wildman–Crippen LogP) is 1.64. The van der Waals surface area contributed by atoms with Crippen molar-refractivity contribution < 1.29 is 8.42 Å². The van der Waals surface area contributed by atoms with Crippen LogP contribution in [0.2, 0.25) is 5.15 Å². The van der Waals surface area contributed by atoms with Crippen molar-refractivity contribution in [3.63, 3.8) is 0 Å². The van der Waals surface area contributed by atoms with Crippen LogP contribution in [0.4, 0.5) is 0 Å². The lowest BCUT2D eigenvalue weighted by molar-refractivity contribution is 0.497. The summed E-state index contributed by atoms with van der Waals surface area (Å²) < 4.78 is 24.5. The summed E-state index contributed by atoms with van der Waals surface area (Å²) in [6.45, 7) is 1.70. The van der Waals surface area contributed by atoms with E-state index >= 15 is 0 Å². The molecule has 0 amide bonds. The number of nitrogens with zero attached hydrogens (tertiary/aromatic N) is 4. The second-order valence-corrected chi connectivity index (χ2v) is 7.16. The molecule has 1 atom stereocenters. The van der Waals surface area contributed by atoms with Crippen molar-refractivity contribution in [2.45, 2.75) is 19.4 Å². The molecule has 0 aliphatic carbocycles. The number of nitriles is 2.